The van der Waals surface area contributed by atoms with E-state index >= 15 is 0 Å². The van der Waals surface area contributed by atoms with E-state index in [1.54, 1.807) is 7.11 Å². The van der Waals surface area contributed by atoms with Crippen molar-refractivity contribution in [2.24, 2.45) is 0 Å². The van der Waals surface area contributed by atoms with Crippen molar-refractivity contribution in [1.82, 2.24) is 19.9 Å². The summed E-state index contributed by atoms with van der Waals surface area (Å²) >= 11 is 0. The van der Waals surface area contributed by atoms with E-state index in [1.807, 2.05) is 42.5 Å². The number of ether oxygens (including phenoxy) is 1. The fourth-order valence-electron chi connectivity index (χ4n) is 3.44. The summed E-state index contributed by atoms with van der Waals surface area (Å²) in [7, 11) is 1.60. The number of benzene rings is 1. The van der Waals surface area contributed by atoms with E-state index < -0.39 is 5.60 Å². The average Bonchev–Trinajstić information content (AvgIpc) is 3.06. The molecule has 2 aromatic heterocycles. The highest BCUT2D eigenvalue weighted by Gasteiger charge is 2.33. The van der Waals surface area contributed by atoms with E-state index in [9.17, 15) is 5.11 Å². The van der Waals surface area contributed by atoms with Crippen molar-refractivity contribution in [2.45, 2.75) is 25.0 Å². The first-order valence-electron chi connectivity index (χ1n) is 8.56. The van der Waals surface area contributed by atoms with Gasteiger partial charge in [0.15, 0.2) is 5.65 Å². The number of nitrogens with one attached hydrogen (secondary N) is 1. The monoisotopic (exact) mass is 338 g/mol. The number of aliphatic hydroxyl groups is 1. The Labute approximate surface area is 146 Å². The summed E-state index contributed by atoms with van der Waals surface area (Å²) in [5.74, 6) is 1.46. The number of piperidine rings is 1. The van der Waals surface area contributed by atoms with E-state index in [0.717, 1.165) is 49.4 Å². The first-order valence-corrected chi connectivity index (χ1v) is 8.56. The zero-order valence-electron chi connectivity index (χ0n) is 14.3. The van der Waals surface area contributed by atoms with Crippen LogP contribution in [0, 0.1) is 0 Å². The number of nitrogens with zero attached hydrogens (tertiary/aromatic N) is 3. The third kappa shape index (κ3) is 3.23. The Morgan fingerprint density at radius 2 is 1.88 bits per heavy atom. The second-order valence-corrected chi connectivity index (χ2v) is 6.58. The van der Waals surface area contributed by atoms with Gasteiger partial charge in [0.1, 0.15) is 5.82 Å². The number of hydrogen-bond acceptors (Lipinski definition) is 5. The lowest BCUT2D eigenvalue weighted by atomic mass is 9.84. The lowest BCUT2D eigenvalue weighted by Crippen LogP contribution is -2.42. The zero-order chi connectivity index (χ0) is 17.3. The second-order valence-electron chi connectivity index (χ2n) is 6.58. The predicted molar refractivity (Wildman–Crippen MR) is 95.3 cm³/mol. The van der Waals surface area contributed by atoms with Gasteiger partial charge in [-0.15, -0.1) is 0 Å². The number of aromatic amines is 1. The summed E-state index contributed by atoms with van der Waals surface area (Å²) < 4.78 is 5.14. The molecule has 6 heteroatoms. The molecule has 0 radical (unpaired) electrons. The summed E-state index contributed by atoms with van der Waals surface area (Å²) in [5.41, 5.74) is 1.87. The molecule has 25 heavy (non-hydrogen) atoms. The molecule has 130 valence electrons. The van der Waals surface area contributed by atoms with Crippen LogP contribution in [0.4, 0.5) is 0 Å². The lowest BCUT2D eigenvalue weighted by molar-refractivity contribution is -0.0281. The van der Waals surface area contributed by atoms with Crippen LogP contribution in [0.15, 0.2) is 42.5 Å². The van der Waals surface area contributed by atoms with Gasteiger partial charge in [-0.1, -0.05) is 30.3 Å². The molecule has 4 rings (SSSR count). The highest BCUT2D eigenvalue weighted by molar-refractivity contribution is 5.71. The number of rotatable bonds is 4. The number of methoxy groups -OCH3 is 1. The van der Waals surface area contributed by atoms with E-state index in [0.29, 0.717) is 11.5 Å². The molecule has 0 atom stereocenters. The highest BCUT2D eigenvalue weighted by Crippen LogP contribution is 2.33. The third-order valence-electron chi connectivity index (χ3n) is 4.95. The first-order chi connectivity index (χ1) is 12.2. The maximum Gasteiger partial charge on any atom is 0.215 e. The van der Waals surface area contributed by atoms with Gasteiger partial charge in [-0.3, -0.25) is 4.90 Å². The van der Waals surface area contributed by atoms with E-state index in [1.165, 1.54) is 0 Å². The van der Waals surface area contributed by atoms with Crippen molar-refractivity contribution in [3.63, 3.8) is 0 Å². The molecule has 0 amide bonds. The summed E-state index contributed by atoms with van der Waals surface area (Å²) in [6.45, 7) is 2.39. The van der Waals surface area contributed by atoms with Crippen molar-refractivity contribution in [3.8, 4) is 5.88 Å². The van der Waals surface area contributed by atoms with Gasteiger partial charge in [0.2, 0.25) is 5.88 Å². The Morgan fingerprint density at radius 3 is 2.60 bits per heavy atom. The summed E-state index contributed by atoms with van der Waals surface area (Å²) in [6.07, 6.45) is 1.45. The number of likely N-dealkylation sites (tertiary alicyclic amines) is 1. The molecule has 1 aromatic carbocycles. The molecule has 0 aliphatic carbocycles. The number of pyridine rings is 1. The summed E-state index contributed by atoms with van der Waals surface area (Å²) in [6, 6.07) is 13.7. The van der Waals surface area contributed by atoms with Crippen LogP contribution in [-0.2, 0) is 12.1 Å². The minimum absolute atomic E-state index is 0.566. The molecule has 6 nitrogen and oxygen atoms in total. The molecule has 0 spiro atoms. The van der Waals surface area contributed by atoms with Crippen LogP contribution in [-0.4, -0.2) is 45.2 Å². The van der Waals surface area contributed by atoms with Gasteiger partial charge >= 0.3 is 0 Å². The molecule has 0 bridgehead atoms. The molecular formula is C19H22N4O2. The molecule has 1 fully saturated rings. The maximum absolute atomic E-state index is 10.9. The standard InChI is InChI=1S/C19H22N4O2/c1-25-17-8-7-15-18(22-17)21-16(20-15)13-23-11-9-19(24,10-12-23)14-5-3-2-4-6-14/h2-8,24H,9-13H2,1H3,(H,20,21,22). The number of aromatic nitrogens is 3. The van der Waals surface area contributed by atoms with Gasteiger partial charge in [-0.05, 0) is 24.5 Å². The predicted octanol–water partition coefficient (Wildman–Crippen LogP) is 2.45. The van der Waals surface area contributed by atoms with E-state index in [-0.39, 0.29) is 0 Å². The van der Waals surface area contributed by atoms with Gasteiger partial charge in [0.25, 0.3) is 0 Å². The minimum atomic E-state index is -0.722. The van der Waals surface area contributed by atoms with Crippen molar-refractivity contribution in [3.05, 3.63) is 53.9 Å². The lowest BCUT2D eigenvalue weighted by Gasteiger charge is -2.38. The Balaban J connectivity index is 1.43. The van der Waals surface area contributed by atoms with Crippen molar-refractivity contribution in [2.75, 3.05) is 20.2 Å². The van der Waals surface area contributed by atoms with Gasteiger partial charge in [-0.2, -0.15) is 4.98 Å². The van der Waals surface area contributed by atoms with Crippen LogP contribution in [0.2, 0.25) is 0 Å². The molecule has 0 saturated carbocycles. The van der Waals surface area contributed by atoms with Crippen LogP contribution in [0.5, 0.6) is 5.88 Å². The normalized spacial score (nSPS) is 17.7. The Morgan fingerprint density at radius 1 is 1.12 bits per heavy atom. The second kappa shape index (κ2) is 6.46. The van der Waals surface area contributed by atoms with Crippen LogP contribution in [0.1, 0.15) is 24.2 Å². The molecular weight excluding hydrogens is 316 g/mol. The van der Waals surface area contributed by atoms with Gasteiger partial charge in [-0.25, -0.2) is 4.98 Å². The fourth-order valence-corrected chi connectivity index (χ4v) is 3.44. The fraction of sp³-hybridized carbons (Fsp3) is 0.368. The number of imidazole rings is 1. The molecule has 1 aliphatic heterocycles. The van der Waals surface area contributed by atoms with E-state index in [2.05, 4.69) is 19.9 Å². The zero-order valence-corrected chi connectivity index (χ0v) is 14.3. The quantitative estimate of drug-likeness (QED) is 0.764. The van der Waals surface area contributed by atoms with Gasteiger partial charge in [0.05, 0.1) is 24.8 Å². The number of hydrogen-bond donors (Lipinski definition) is 2. The van der Waals surface area contributed by atoms with Crippen LogP contribution in [0.25, 0.3) is 11.2 Å². The minimum Gasteiger partial charge on any atom is -0.481 e. The van der Waals surface area contributed by atoms with E-state index in [4.69, 9.17) is 4.74 Å². The first kappa shape index (κ1) is 16.1. The third-order valence-corrected chi connectivity index (χ3v) is 4.95. The molecule has 1 aliphatic rings. The van der Waals surface area contributed by atoms with Crippen molar-refractivity contribution >= 4 is 11.2 Å². The van der Waals surface area contributed by atoms with Crippen molar-refractivity contribution < 1.29 is 9.84 Å². The summed E-state index contributed by atoms with van der Waals surface area (Å²) in [5, 5.41) is 10.9. The largest absolute Gasteiger partial charge is 0.481 e. The van der Waals surface area contributed by atoms with Crippen molar-refractivity contribution in [1.29, 1.82) is 0 Å². The van der Waals surface area contributed by atoms with Gasteiger partial charge < -0.3 is 14.8 Å². The average molecular weight is 338 g/mol. The molecule has 2 N–H and O–H groups in total. The van der Waals surface area contributed by atoms with Gasteiger partial charge in [0, 0.05) is 19.2 Å². The number of H-pyrrole nitrogens is 1. The Bertz CT molecular complexity index is 854. The number of fused-ring (bicyclic) bond motifs is 1. The molecule has 1 saturated heterocycles. The summed E-state index contributed by atoms with van der Waals surface area (Å²) in [4.78, 5) is 14.5. The highest BCUT2D eigenvalue weighted by atomic mass is 16.5. The van der Waals surface area contributed by atoms with Crippen LogP contribution < -0.4 is 4.74 Å². The molecule has 0 unspecified atom stereocenters. The topological polar surface area (TPSA) is 74.3 Å². The Kier molecular flexibility index (Phi) is 4.15. The Hall–Kier alpha value is -2.44. The maximum atomic E-state index is 10.9. The molecule has 3 aromatic rings. The molecule has 3 heterocycles. The SMILES string of the molecule is COc1ccc2[nH]c(CN3CCC(O)(c4ccccc4)CC3)nc2n1. The van der Waals surface area contributed by atoms with Crippen LogP contribution in [0.3, 0.4) is 0 Å². The van der Waals surface area contributed by atoms with Crippen LogP contribution >= 0.6 is 0 Å². The smallest absolute Gasteiger partial charge is 0.215 e.